The molecule has 1 aromatic heterocycles. The molecule has 0 aliphatic carbocycles. The Kier molecular flexibility index (Phi) is 4.86. The molecule has 98 valence electrons. The molecule has 0 saturated carbocycles. The van der Waals surface area contributed by atoms with Crippen LogP contribution in [-0.2, 0) is 9.53 Å². The van der Waals surface area contributed by atoms with E-state index in [2.05, 4.69) is 5.32 Å². The zero-order chi connectivity index (χ0) is 12.8. The van der Waals surface area contributed by atoms with Crippen LogP contribution in [0.3, 0.4) is 0 Å². The summed E-state index contributed by atoms with van der Waals surface area (Å²) in [7, 11) is 1.72. The van der Waals surface area contributed by atoms with Gasteiger partial charge in [0, 0.05) is 30.4 Å². The lowest BCUT2D eigenvalue weighted by atomic mass is 10.0. The molecule has 1 N–H and O–H groups in total. The third-order valence-electron chi connectivity index (χ3n) is 3.03. The van der Waals surface area contributed by atoms with Crippen LogP contribution in [-0.4, -0.2) is 36.7 Å². The fraction of sp³-hybridized carbons (Fsp3) is 0.462. The number of carbonyl (C=O) groups excluding carboxylic acids is 1. The van der Waals surface area contributed by atoms with Gasteiger partial charge in [-0.15, -0.1) is 11.3 Å². The second-order valence-electron chi connectivity index (χ2n) is 4.26. The molecule has 1 amide bonds. The molecule has 18 heavy (non-hydrogen) atoms. The van der Waals surface area contributed by atoms with E-state index in [0.29, 0.717) is 6.54 Å². The van der Waals surface area contributed by atoms with E-state index in [9.17, 15) is 4.79 Å². The molecule has 3 nitrogen and oxygen atoms in total. The Balaban J connectivity index is 1.81. The molecule has 0 bridgehead atoms. The minimum atomic E-state index is -0.170. The van der Waals surface area contributed by atoms with E-state index in [-0.39, 0.29) is 11.5 Å². The first kappa shape index (κ1) is 13.6. The van der Waals surface area contributed by atoms with E-state index in [1.54, 1.807) is 24.5 Å². The number of nitrogens with one attached hydrogen (secondary N) is 1. The normalized spacial score (nSPS) is 23.6. The maximum atomic E-state index is 11.7. The molecule has 1 unspecified atom stereocenters. The summed E-state index contributed by atoms with van der Waals surface area (Å²) in [5.74, 6) is 2.00. The van der Waals surface area contributed by atoms with Gasteiger partial charge in [-0.2, -0.15) is 11.8 Å². The van der Waals surface area contributed by atoms with Crippen LogP contribution in [0.5, 0.6) is 0 Å². The first-order valence-corrected chi connectivity index (χ1v) is 7.90. The van der Waals surface area contributed by atoms with Crippen LogP contribution in [0, 0.1) is 0 Å². The summed E-state index contributed by atoms with van der Waals surface area (Å²) in [6.07, 6.45) is 4.42. The summed E-state index contributed by atoms with van der Waals surface area (Å²) in [6.45, 7) is 0.587. The highest BCUT2D eigenvalue weighted by atomic mass is 32.2. The Hall–Kier alpha value is -0.780. The van der Waals surface area contributed by atoms with E-state index in [1.807, 2.05) is 35.4 Å². The van der Waals surface area contributed by atoms with Gasteiger partial charge in [0.2, 0.25) is 5.91 Å². The standard InChI is InChI=1S/C13H17NO2S2/c1-16-13(6-8-17-10-13)9-14-12(15)5-4-11-3-2-7-18-11/h2-5,7H,6,8-10H2,1H3,(H,14,15)/b5-4+. The minimum absolute atomic E-state index is 0.0586. The van der Waals surface area contributed by atoms with Crippen LogP contribution >= 0.6 is 23.1 Å². The Morgan fingerprint density at radius 2 is 2.56 bits per heavy atom. The lowest BCUT2D eigenvalue weighted by molar-refractivity contribution is -0.117. The first-order chi connectivity index (χ1) is 8.74. The number of hydrogen-bond donors (Lipinski definition) is 1. The van der Waals surface area contributed by atoms with E-state index in [4.69, 9.17) is 4.74 Å². The molecule has 1 aliphatic heterocycles. The summed E-state index contributed by atoms with van der Waals surface area (Å²) < 4.78 is 5.54. The Morgan fingerprint density at radius 1 is 1.67 bits per heavy atom. The van der Waals surface area contributed by atoms with Crippen molar-refractivity contribution in [3.8, 4) is 0 Å². The van der Waals surface area contributed by atoms with Crippen LogP contribution in [0.25, 0.3) is 6.08 Å². The van der Waals surface area contributed by atoms with Gasteiger partial charge in [0.05, 0.1) is 5.60 Å². The Labute approximate surface area is 116 Å². The van der Waals surface area contributed by atoms with Gasteiger partial charge in [-0.05, 0) is 29.7 Å². The highest BCUT2D eigenvalue weighted by Gasteiger charge is 2.34. The third-order valence-corrected chi connectivity index (χ3v) is 5.09. The third kappa shape index (κ3) is 3.60. The van der Waals surface area contributed by atoms with Crippen LogP contribution < -0.4 is 5.32 Å². The quantitative estimate of drug-likeness (QED) is 0.843. The first-order valence-electron chi connectivity index (χ1n) is 5.86. The Bertz CT molecular complexity index is 409. The van der Waals surface area contributed by atoms with Crippen LogP contribution in [0.1, 0.15) is 11.3 Å². The van der Waals surface area contributed by atoms with E-state index in [1.165, 1.54) is 0 Å². The van der Waals surface area contributed by atoms with Crippen LogP contribution in [0.2, 0.25) is 0 Å². The maximum Gasteiger partial charge on any atom is 0.244 e. The SMILES string of the molecule is COC1(CNC(=O)/C=C/c2cccs2)CCSC1. The molecule has 1 atom stereocenters. The number of ether oxygens (including phenoxy) is 1. The van der Waals surface area contributed by atoms with Crippen molar-refractivity contribution in [1.29, 1.82) is 0 Å². The number of thiophene rings is 1. The lowest BCUT2D eigenvalue weighted by Gasteiger charge is -2.26. The van der Waals surface area contributed by atoms with Gasteiger partial charge in [0.1, 0.15) is 0 Å². The molecule has 0 radical (unpaired) electrons. The largest absolute Gasteiger partial charge is 0.376 e. The summed E-state index contributed by atoms with van der Waals surface area (Å²) in [6, 6.07) is 3.95. The van der Waals surface area contributed by atoms with Crippen LogP contribution in [0.15, 0.2) is 23.6 Å². The van der Waals surface area contributed by atoms with Crippen molar-refractivity contribution < 1.29 is 9.53 Å². The minimum Gasteiger partial charge on any atom is -0.376 e. The molecule has 1 saturated heterocycles. The van der Waals surface area contributed by atoms with Crippen molar-refractivity contribution in [3.63, 3.8) is 0 Å². The second kappa shape index (κ2) is 6.41. The van der Waals surface area contributed by atoms with Crippen molar-refractivity contribution >= 4 is 35.1 Å². The van der Waals surface area contributed by atoms with E-state index >= 15 is 0 Å². The van der Waals surface area contributed by atoms with Gasteiger partial charge < -0.3 is 10.1 Å². The molecule has 2 heterocycles. The van der Waals surface area contributed by atoms with E-state index in [0.717, 1.165) is 22.8 Å². The molecular formula is C13H17NO2S2. The summed E-state index contributed by atoms with van der Waals surface area (Å²) in [5.41, 5.74) is -0.170. The molecular weight excluding hydrogens is 266 g/mol. The maximum absolute atomic E-state index is 11.7. The van der Waals surface area contributed by atoms with Gasteiger partial charge >= 0.3 is 0 Å². The smallest absolute Gasteiger partial charge is 0.244 e. The summed E-state index contributed by atoms with van der Waals surface area (Å²) >= 11 is 3.49. The Morgan fingerprint density at radius 3 is 3.17 bits per heavy atom. The number of rotatable bonds is 5. The predicted molar refractivity (Wildman–Crippen MR) is 78.0 cm³/mol. The number of hydrogen-bond acceptors (Lipinski definition) is 4. The average Bonchev–Trinajstić information content (AvgIpc) is 3.06. The number of carbonyl (C=O) groups is 1. The number of thioether (sulfide) groups is 1. The number of amides is 1. The highest BCUT2D eigenvalue weighted by Crippen LogP contribution is 2.30. The van der Waals surface area contributed by atoms with Gasteiger partial charge in [0.15, 0.2) is 0 Å². The fourth-order valence-corrected chi connectivity index (χ4v) is 3.83. The molecule has 2 rings (SSSR count). The fourth-order valence-electron chi connectivity index (χ4n) is 1.81. The number of methoxy groups -OCH3 is 1. The second-order valence-corrected chi connectivity index (χ2v) is 6.34. The van der Waals surface area contributed by atoms with Gasteiger partial charge in [0.25, 0.3) is 0 Å². The van der Waals surface area contributed by atoms with Crippen molar-refractivity contribution in [2.24, 2.45) is 0 Å². The predicted octanol–water partition coefficient (Wildman–Crippen LogP) is 2.40. The molecule has 1 fully saturated rings. The zero-order valence-electron chi connectivity index (χ0n) is 10.3. The summed E-state index contributed by atoms with van der Waals surface area (Å²) in [5, 5.41) is 4.91. The van der Waals surface area contributed by atoms with Crippen molar-refractivity contribution in [3.05, 3.63) is 28.5 Å². The van der Waals surface area contributed by atoms with Crippen molar-refractivity contribution in [2.75, 3.05) is 25.2 Å². The monoisotopic (exact) mass is 283 g/mol. The van der Waals surface area contributed by atoms with Gasteiger partial charge in [-0.3, -0.25) is 4.79 Å². The molecule has 1 aliphatic rings. The van der Waals surface area contributed by atoms with Crippen LogP contribution in [0.4, 0.5) is 0 Å². The zero-order valence-corrected chi connectivity index (χ0v) is 12.0. The lowest BCUT2D eigenvalue weighted by Crippen LogP contribution is -2.44. The topological polar surface area (TPSA) is 38.3 Å². The van der Waals surface area contributed by atoms with E-state index < -0.39 is 0 Å². The molecule has 1 aromatic rings. The average molecular weight is 283 g/mol. The molecule has 0 aromatic carbocycles. The van der Waals surface area contributed by atoms with Gasteiger partial charge in [-0.1, -0.05) is 6.07 Å². The molecule has 0 spiro atoms. The highest BCUT2D eigenvalue weighted by molar-refractivity contribution is 7.99. The molecule has 5 heteroatoms. The summed E-state index contributed by atoms with van der Waals surface area (Å²) in [4.78, 5) is 12.8. The van der Waals surface area contributed by atoms with Crippen molar-refractivity contribution in [1.82, 2.24) is 5.32 Å². The van der Waals surface area contributed by atoms with Gasteiger partial charge in [-0.25, -0.2) is 0 Å². The van der Waals surface area contributed by atoms with Crippen molar-refractivity contribution in [2.45, 2.75) is 12.0 Å².